The van der Waals surface area contributed by atoms with E-state index in [0.29, 0.717) is 30.4 Å². The molecule has 4 aromatic rings. The van der Waals surface area contributed by atoms with Gasteiger partial charge >= 0.3 is 0 Å². The standard InChI is InChI=1S/C21H18N4O4/c1-27-12-13-28-20-21(23-11-10-22-20)29-15-8-6-14(7-9-15)18(26)19-24-16-4-2-3-5-17(16)25-19/h2-11H,12-13H2,1H3,(H,24,25). The van der Waals surface area contributed by atoms with Crippen molar-refractivity contribution in [2.45, 2.75) is 0 Å². The summed E-state index contributed by atoms with van der Waals surface area (Å²) in [6.45, 7) is 0.755. The Kier molecular flexibility index (Phi) is 5.44. The molecule has 0 saturated carbocycles. The molecule has 0 spiro atoms. The summed E-state index contributed by atoms with van der Waals surface area (Å²) in [5, 5.41) is 0. The number of fused-ring (bicyclic) bond motifs is 1. The topological polar surface area (TPSA) is 99.2 Å². The minimum Gasteiger partial charge on any atom is -0.471 e. The number of para-hydroxylation sites is 2. The van der Waals surface area contributed by atoms with E-state index in [1.54, 1.807) is 31.4 Å². The number of nitrogens with zero attached hydrogens (tertiary/aromatic N) is 3. The first-order chi connectivity index (χ1) is 14.2. The number of methoxy groups -OCH3 is 1. The van der Waals surface area contributed by atoms with Crippen LogP contribution in [-0.4, -0.2) is 46.0 Å². The molecule has 2 aromatic carbocycles. The quantitative estimate of drug-likeness (QED) is 0.364. The fourth-order valence-corrected chi connectivity index (χ4v) is 2.69. The van der Waals surface area contributed by atoms with Gasteiger partial charge in [-0.2, -0.15) is 0 Å². The van der Waals surface area contributed by atoms with Gasteiger partial charge in [0.15, 0.2) is 5.82 Å². The van der Waals surface area contributed by atoms with E-state index in [1.165, 1.54) is 12.4 Å². The Hall–Kier alpha value is -3.78. The summed E-state index contributed by atoms with van der Waals surface area (Å²) in [5.41, 5.74) is 2.06. The summed E-state index contributed by atoms with van der Waals surface area (Å²) in [7, 11) is 1.59. The number of hydrogen-bond acceptors (Lipinski definition) is 7. The molecule has 0 saturated heterocycles. The Bertz CT molecular complexity index is 1090. The summed E-state index contributed by atoms with van der Waals surface area (Å²) in [6.07, 6.45) is 3.03. The van der Waals surface area contributed by atoms with Crippen LogP contribution in [0, 0.1) is 0 Å². The number of aromatic nitrogens is 4. The minimum absolute atomic E-state index is 0.198. The van der Waals surface area contributed by atoms with Crippen molar-refractivity contribution < 1.29 is 19.0 Å². The van der Waals surface area contributed by atoms with Gasteiger partial charge in [-0.3, -0.25) is 4.79 Å². The summed E-state index contributed by atoms with van der Waals surface area (Å²) >= 11 is 0. The number of imidazole rings is 1. The molecule has 8 nitrogen and oxygen atoms in total. The molecule has 0 fully saturated rings. The smallest absolute Gasteiger partial charge is 0.283 e. The molecule has 4 rings (SSSR count). The fourth-order valence-electron chi connectivity index (χ4n) is 2.69. The van der Waals surface area contributed by atoms with Crippen LogP contribution >= 0.6 is 0 Å². The monoisotopic (exact) mass is 390 g/mol. The van der Waals surface area contributed by atoms with Crippen LogP contribution in [0.15, 0.2) is 60.9 Å². The lowest BCUT2D eigenvalue weighted by Crippen LogP contribution is -2.07. The van der Waals surface area contributed by atoms with Gasteiger partial charge < -0.3 is 19.2 Å². The minimum atomic E-state index is -0.198. The van der Waals surface area contributed by atoms with Crippen LogP contribution in [-0.2, 0) is 4.74 Å². The van der Waals surface area contributed by atoms with Crippen molar-refractivity contribution in [2.75, 3.05) is 20.3 Å². The maximum absolute atomic E-state index is 12.7. The number of rotatable bonds is 8. The molecule has 1 N–H and O–H groups in total. The van der Waals surface area contributed by atoms with Crippen LogP contribution in [0.4, 0.5) is 0 Å². The van der Waals surface area contributed by atoms with Gasteiger partial charge in [0.2, 0.25) is 5.78 Å². The molecule has 29 heavy (non-hydrogen) atoms. The number of hydrogen-bond donors (Lipinski definition) is 1. The van der Waals surface area contributed by atoms with E-state index in [0.717, 1.165) is 11.0 Å². The van der Waals surface area contributed by atoms with Crippen LogP contribution in [0.2, 0.25) is 0 Å². The second kappa shape index (κ2) is 8.49. The molecule has 0 aliphatic carbocycles. The first-order valence-corrected chi connectivity index (χ1v) is 8.94. The van der Waals surface area contributed by atoms with Gasteiger partial charge in [0, 0.05) is 25.1 Å². The summed E-state index contributed by atoms with van der Waals surface area (Å²) in [5.74, 6) is 1.11. The molecule has 0 aliphatic heterocycles. The normalized spacial score (nSPS) is 10.8. The van der Waals surface area contributed by atoms with E-state index in [1.807, 2.05) is 24.3 Å². The average molecular weight is 390 g/mol. The number of carbonyl (C=O) groups excluding carboxylic acids is 1. The van der Waals surface area contributed by atoms with Crippen LogP contribution in [0.3, 0.4) is 0 Å². The molecule has 0 unspecified atom stereocenters. The Labute approximate surface area is 166 Å². The number of H-pyrrole nitrogens is 1. The van der Waals surface area contributed by atoms with Crippen molar-refractivity contribution in [3.05, 3.63) is 72.3 Å². The summed E-state index contributed by atoms with van der Waals surface area (Å²) < 4.78 is 16.2. The molecule has 8 heteroatoms. The predicted octanol–water partition coefficient (Wildman–Crippen LogP) is 3.40. The van der Waals surface area contributed by atoms with Gasteiger partial charge in [0.05, 0.1) is 17.6 Å². The Morgan fingerprint density at radius 1 is 0.966 bits per heavy atom. The highest BCUT2D eigenvalue weighted by molar-refractivity contribution is 6.08. The predicted molar refractivity (Wildman–Crippen MR) is 105 cm³/mol. The number of carbonyl (C=O) groups is 1. The Morgan fingerprint density at radius 2 is 1.72 bits per heavy atom. The molecule has 2 aromatic heterocycles. The van der Waals surface area contributed by atoms with Crippen molar-refractivity contribution in [1.82, 2.24) is 19.9 Å². The largest absolute Gasteiger partial charge is 0.471 e. The average Bonchev–Trinajstić information content (AvgIpc) is 3.19. The number of ether oxygens (including phenoxy) is 3. The van der Waals surface area contributed by atoms with Gasteiger partial charge in [-0.25, -0.2) is 15.0 Å². The molecule has 0 atom stereocenters. The molecule has 0 aliphatic rings. The summed E-state index contributed by atoms with van der Waals surface area (Å²) in [6, 6.07) is 14.2. The van der Waals surface area contributed by atoms with E-state index in [9.17, 15) is 4.79 Å². The number of nitrogens with one attached hydrogen (secondary N) is 1. The highest BCUT2D eigenvalue weighted by atomic mass is 16.5. The van der Waals surface area contributed by atoms with Crippen molar-refractivity contribution in [3.8, 4) is 17.5 Å². The fraction of sp³-hybridized carbons (Fsp3) is 0.143. The molecule has 2 heterocycles. The molecular formula is C21H18N4O4. The molecular weight excluding hydrogens is 372 g/mol. The maximum atomic E-state index is 12.7. The SMILES string of the molecule is COCCOc1nccnc1Oc1ccc(C(=O)c2nc3ccccc3[nH]2)cc1. The second-order valence-corrected chi connectivity index (χ2v) is 6.07. The third kappa shape index (κ3) is 4.22. The van der Waals surface area contributed by atoms with E-state index in [-0.39, 0.29) is 17.5 Å². The van der Waals surface area contributed by atoms with Crippen molar-refractivity contribution >= 4 is 16.8 Å². The second-order valence-electron chi connectivity index (χ2n) is 6.07. The van der Waals surface area contributed by atoms with Crippen LogP contribution in [0.5, 0.6) is 17.5 Å². The van der Waals surface area contributed by atoms with Crippen LogP contribution in [0.25, 0.3) is 11.0 Å². The van der Waals surface area contributed by atoms with Gasteiger partial charge in [0.1, 0.15) is 12.4 Å². The van der Waals surface area contributed by atoms with E-state index in [4.69, 9.17) is 14.2 Å². The first-order valence-electron chi connectivity index (χ1n) is 8.94. The van der Waals surface area contributed by atoms with Gasteiger partial charge in [0.25, 0.3) is 11.8 Å². The van der Waals surface area contributed by atoms with Gasteiger partial charge in [-0.15, -0.1) is 0 Å². The lowest BCUT2D eigenvalue weighted by Gasteiger charge is -2.10. The lowest BCUT2D eigenvalue weighted by atomic mass is 10.1. The Balaban J connectivity index is 1.49. The van der Waals surface area contributed by atoms with E-state index >= 15 is 0 Å². The third-order valence-corrected chi connectivity index (χ3v) is 4.09. The molecule has 0 bridgehead atoms. The van der Waals surface area contributed by atoms with Crippen molar-refractivity contribution in [3.63, 3.8) is 0 Å². The van der Waals surface area contributed by atoms with E-state index < -0.39 is 0 Å². The van der Waals surface area contributed by atoms with Crippen molar-refractivity contribution in [2.24, 2.45) is 0 Å². The van der Waals surface area contributed by atoms with Gasteiger partial charge in [-0.1, -0.05) is 12.1 Å². The zero-order valence-corrected chi connectivity index (χ0v) is 15.7. The summed E-state index contributed by atoms with van der Waals surface area (Å²) in [4.78, 5) is 28.4. The van der Waals surface area contributed by atoms with Crippen LogP contribution < -0.4 is 9.47 Å². The van der Waals surface area contributed by atoms with Crippen molar-refractivity contribution in [1.29, 1.82) is 0 Å². The highest BCUT2D eigenvalue weighted by Crippen LogP contribution is 2.27. The number of benzene rings is 2. The third-order valence-electron chi connectivity index (χ3n) is 4.09. The number of ketones is 1. The first kappa shape index (κ1) is 18.6. The van der Waals surface area contributed by atoms with E-state index in [2.05, 4.69) is 19.9 Å². The maximum Gasteiger partial charge on any atom is 0.283 e. The zero-order valence-electron chi connectivity index (χ0n) is 15.7. The Morgan fingerprint density at radius 3 is 2.48 bits per heavy atom. The molecule has 146 valence electrons. The molecule has 0 radical (unpaired) electrons. The van der Waals surface area contributed by atoms with Gasteiger partial charge in [-0.05, 0) is 36.4 Å². The highest BCUT2D eigenvalue weighted by Gasteiger charge is 2.15. The van der Waals surface area contributed by atoms with Crippen LogP contribution in [0.1, 0.15) is 16.2 Å². The molecule has 0 amide bonds. The number of aromatic amines is 1. The lowest BCUT2D eigenvalue weighted by molar-refractivity contribution is 0.103. The zero-order chi connectivity index (χ0) is 20.1.